The molecule has 136 valence electrons. The van der Waals surface area contributed by atoms with Gasteiger partial charge in [0.25, 0.3) is 5.91 Å². The first-order chi connectivity index (χ1) is 13.1. The lowest BCUT2D eigenvalue weighted by Crippen LogP contribution is -2.18. The van der Waals surface area contributed by atoms with Gasteiger partial charge in [0.05, 0.1) is 29.6 Å². The first-order valence-electron chi connectivity index (χ1n) is 8.43. The molecular formula is C21H19N3O3. The minimum Gasteiger partial charge on any atom is -0.465 e. The van der Waals surface area contributed by atoms with Crippen LogP contribution in [0.15, 0.2) is 60.8 Å². The summed E-state index contributed by atoms with van der Waals surface area (Å²) in [5, 5.41) is 2.73. The number of aryl methyl sites for hydroxylation is 1. The molecule has 0 unspecified atom stereocenters. The second-order valence-electron chi connectivity index (χ2n) is 5.94. The molecule has 6 heteroatoms. The molecule has 0 radical (unpaired) electrons. The highest BCUT2D eigenvalue weighted by atomic mass is 16.5. The summed E-state index contributed by atoms with van der Waals surface area (Å²) in [7, 11) is 1.30. The van der Waals surface area contributed by atoms with Crippen LogP contribution in [0.2, 0.25) is 0 Å². The Morgan fingerprint density at radius 1 is 1.00 bits per heavy atom. The van der Waals surface area contributed by atoms with Gasteiger partial charge in [0.15, 0.2) is 0 Å². The van der Waals surface area contributed by atoms with E-state index in [9.17, 15) is 9.59 Å². The van der Waals surface area contributed by atoms with E-state index < -0.39 is 5.97 Å². The lowest BCUT2D eigenvalue weighted by Gasteiger charge is -2.11. The molecule has 1 amide bonds. The van der Waals surface area contributed by atoms with Gasteiger partial charge in [-0.15, -0.1) is 0 Å². The van der Waals surface area contributed by atoms with E-state index in [1.54, 1.807) is 31.2 Å². The summed E-state index contributed by atoms with van der Waals surface area (Å²) in [4.78, 5) is 33.2. The Hall–Kier alpha value is -3.54. The molecule has 6 nitrogen and oxygen atoms in total. The van der Waals surface area contributed by atoms with E-state index in [0.717, 1.165) is 5.56 Å². The molecule has 0 atom stereocenters. The summed E-state index contributed by atoms with van der Waals surface area (Å²) in [6, 6.07) is 16.5. The first-order valence-corrected chi connectivity index (χ1v) is 8.43. The van der Waals surface area contributed by atoms with Crippen LogP contribution in [0.1, 0.15) is 37.8 Å². The summed E-state index contributed by atoms with van der Waals surface area (Å²) in [5.41, 5.74) is 2.69. The number of amides is 1. The van der Waals surface area contributed by atoms with Crippen LogP contribution in [0.3, 0.4) is 0 Å². The average Bonchev–Trinajstić information content (AvgIpc) is 2.68. The number of hydrogen-bond donors (Lipinski definition) is 1. The summed E-state index contributed by atoms with van der Waals surface area (Å²) in [6.45, 7) is 1.76. The average molecular weight is 361 g/mol. The second kappa shape index (κ2) is 8.23. The molecule has 3 rings (SSSR count). The number of methoxy groups -OCH3 is 1. The number of anilines is 1. The minimum absolute atomic E-state index is 0.285. The number of nitrogens with one attached hydrogen (secondary N) is 1. The van der Waals surface area contributed by atoms with Crippen molar-refractivity contribution in [3.63, 3.8) is 0 Å². The Kier molecular flexibility index (Phi) is 5.56. The van der Waals surface area contributed by atoms with Gasteiger partial charge in [-0.1, -0.05) is 42.5 Å². The number of carbonyl (C=O) groups is 2. The van der Waals surface area contributed by atoms with Gasteiger partial charge in [0, 0.05) is 12.6 Å². The summed E-state index contributed by atoms with van der Waals surface area (Å²) < 4.78 is 4.75. The maximum Gasteiger partial charge on any atom is 0.339 e. The van der Waals surface area contributed by atoms with Crippen LogP contribution in [0.5, 0.6) is 0 Å². The molecule has 1 N–H and O–H groups in total. The highest BCUT2D eigenvalue weighted by Gasteiger charge is 2.16. The number of nitrogens with zero attached hydrogens (tertiary/aromatic N) is 2. The third kappa shape index (κ3) is 4.36. The number of hydrogen-bond acceptors (Lipinski definition) is 5. The Morgan fingerprint density at radius 3 is 2.41 bits per heavy atom. The smallest absolute Gasteiger partial charge is 0.339 e. The number of aromatic nitrogens is 2. The van der Waals surface area contributed by atoms with Crippen molar-refractivity contribution in [3.8, 4) is 0 Å². The van der Waals surface area contributed by atoms with Crippen LogP contribution in [0.25, 0.3) is 0 Å². The molecule has 0 fully saturated rings. The normalized spacial score (nSPS) is 10.3. The zero-order valence-corrected chi connectivity index (χ0v) is 15.1. The van der Waals surface area contributed by atoms with Gasteiger partial charge in [0.1, 0.15) is 5.82 Å². The van der Waals surface area contributed by atoms with Crippen LogP contribution in [0.4, 0.5) is 5.69 Å². The molecule has 0 spiro atoms. The number of para-hydroxylation sites is 1. The van der Waals surface area contributed by atoms with Gasteiger partial charge in [0.2, 0.25) is 0 Å². The zero-order chi connectivity index (χ0) is 19.2. The molecule has 0 bridgehead atoms. The highest BCUT2D eigenvalue weighted by molar-refractivity contribution is 6.08. The predicted octanol–water partition coefficient (Wildman–Crippen LogP) is 3.41. The molecule has 0 aliphatic carbocycles. The molecule has 0 saturated carbocycles. The number of ether oxygens (including phenoxy) is 1. The fourth-order valence-corrected chi connectivity index (χ4v) is 2.67. The highest BCUT2D eigenvalue weighted by Crippen LogP contribution is 2.18. The quantitative estimate of drug-likeness (QED) is 0.704. The second-order valence-corrected chi connectivity index (χ2v) is 5.94. The van der Waals surface area contributed by atoms with E-state index >= 15 is 0 Å². The molecule has 0 saturated heterocycles. The van der Waals surface area contributed by atoms with Crippen LogP contribution < -0.4 is 5.32 Å². The van der Waals surface area contributed by atoms with Crippen molar-refractivity contribution in [2.24, 2.45) is 0 Å². The molecule has 27 heavy (non-hydrogen) atoms. The molecule has 2 aromatic carbocycles. The molecule has 0 aliphatic heterocycles. The Balaban J connectivity index is 1.79. The first kappa shape index (κ1) is 18.3. The topological polar surface area (TPSA) is 81.2 Å². The number of benzene rings is 2. The van der Waals surface area contributed by atoms with Crippen molar-refractivity contribution in [2.45, 2.75) is 13.3 Å². The van der Waals surface area contributed by atoms with Crippen LogP contribution in [0, 0.1) is 6.92 Å². The third-order valence-electron chi connectivity index (χ3n) is 4.06. The molecule has 3 aromatic rings. The van der Waals surface area contributed by atoms with Crippen molar-refractivity contribution < 1.29 is 14.3 Å². The van der Waals surface area contributed by atoms with Gasteiger partial charge in [-0.25, -0.2) is 14.8 Å². The molecule has 1 aromatic heterocycles. The predicted molar refractivity (Wildman–Crippen MR) is 102 cm³/mol. The van der Waals surface area contributed by atoms with E-state index in [0.29, 0.717) is 29.2 Å². The van der Waals surface area contributed by atoms with E-state index in [-0.39, 0.29) is 11.5 Å². The van der Waals surface area contributed by atoms with E-state index in [1.165, 1.54) is 13.3 Å². The number of rotatable bonds is 5. The standard InChI is InChI=1S/C21H19N3O3/c1-14-17(13-22-19(23-14)12-15-8-4-3-5-9-15)20(25)24-18-11-7-6-10-16(18)21(26)27-2/h3-11,13H,12H2,1-2H3,(H,24,25). The van der Waals surface area contributed by atoms with Crippen molar-refractivity contribution in [1.29, 1.82) is 0 Å². The lowest BCUT2D eigenvalue weighted by atomic mass is 10.1. The Labute approximate surface area is 157 Å². The van der Waals surface area contributed by atoms with Gasteiger partial charge in [-0.2, -0.15) is 0 Å². The lowest BCUT2D eigenvalue weighted by molar-refractivity contribution is 0.0602. The van der Waals surface area contributed by atoms with E-state index in [1.807, 2.05) is 30.3 Å². The third-order valence-corrected chi connectivity index (χ3v) is 4.06. The van der Waals surface area contributed by atoms with Gasteiger partial charge < -0.3 is 10.1 Å². The molecular weight excluding hydrogens is 342 g/mol. The van der Waals surface area contributed by atoms with Crippen LogP contribution in [-0.4, -0.2) is 29.0 Å². The monoisotopic (exact) mass is 361 g/mol. The van der Waals surface area contributed by atoms with Crippen LogP contribution >= 0.6 is 0 Å². The van der Waals surface area contributed by atoms with Crippen molar-refractivity contribution in [2.75, 3.05) is 12.4 Å². The van der Waals surface area contributed by atoms with Gasteiger partial charge in [-0.05, 0) is 24.6 Å². The van der Waals surface area contributed by atoms with Crippen molar-refractivity contribution in [1.82, 2.24) is 9.97 Å². The molecule has 1 heterocycles. The van der Waals surface area contributed by atoms with Crippen LogP contribution in [-0.2, 0) is 11.2 Å². The minimum atomic E-state index is -0.517. The maximum atomic E-state index is 12.6. The number of carbonyl (C=O) groups excluding carboxylic acids is 2. The van der Waals surface area contributed by atoms with E-state index in [2.05, 4.69) is 15.3 Å². The van der Waals surface area contributed by atoms with E-state index in [4.69, 9.17) is 4.74 Å². The summed E-state index contributed by atoms with van der Waals surface area (Å²) in [5.74, 6) is -0.252. The SMILES string of the molecule is COC(=O)c1ccccc1NC(=O)c1cnc(Cc2ccccc2)nc1C. The Bertz CT molecular complexity index is 971. The zero-order valence-electron chi connectivity index (χ0n) is 15.1. The number of esters is 1. The summed E-state index contributed by atoms with van der Waals surface area (Å²) in [6.07, 6.45) is 2.10. The van der Waals surface area contributed by atoms with Crippen molar-refractivity contribution in [3.05, 3.63) is 89.0 Å². The summed E-state index contributed by atoms with van der Waals surface area (Å²) >= 11 is 0. The fourth-order valence-electron chi connectivity index (χ4n) is 2.67. The van der Waals surface area contributed by atoms with Gasteiger partial charge in [-0.3, -0.25) is 4.79 Å². The largest absolute Gasteiger partial charge is 0.465 e. The Morgan fingerprint density at radius 2 is 1.70 bits per heavy atom. The maximum absolute atomic E-state index is 12.6. The van der Waals surface area contributed by atoms with Crippen molar-refractivity contribution >= 4 is 17.6 Å². The molecule has 0 aliphatic rings. The fraction of sp³-hybridized carbons (Fsp3) is 0.143. The van der Waals surface area contributed by atoms with Gasteiger partial charge >= 0.3 is 5.97 Å².